The summed E-state index contributed by atoms with van der Waals surface area (Å²) in [5.74, 6) is -1.43. The number of hydrogen-bond donors (Lipinski definition) is 2. The molecular weight excluding hydrogens is 250 g/mol. The summed E-state index contributed by atoms with van der Waals surface area (Å²) in [7, 11) is 0. The maximum atomic E-state index is 13.4. The lowest BCUT2D eigenvalue weighted by molar-refractivity contribution is 0.247. The highest BCUT2D eigenvalue weighted by Gasteiger charge is 2.15. The summed E-state index contributed by atoms with van der Waals surface area (Å²) in [4.78, 5) is 11.7. The SMILES string of the molecule is O=C(Nc1ccc(F)cc1F)NC1CCCCCC1. The molecule has 1 aromatic carbocycles. The highest BCUT2D eigenvalue weighted by Crippen LogP contribution is 2.18. The number of amides is 2. The summed E-state index contributed by atoms with van der Waals surface area (Å²) in [5, 5.41) is 5.25. The first-order valence-electron chi connectivity index (χ1n) is 6.68. The number of halogens is 2. The molecule has 3 nitrogen and oxygen atoms in total. The van der Waals surface area contributed by atoms with Crippen LogP contribution in [0.5, 0.6) is 0 Å². The molecule has 0 bridgehead atoms. The van der Waals surface area contributed by atoms with E-state index in [0.29, 0.717) is 0 Å². The molecule has 2 rings (SSSR count). The zero-order valence-corrected chi connectivity index (χ0v) is 10.7. The van der Waals surface area contributed by atoms with Crippen LogP contribution in [0.15, 0.2) is 18.2 Å². The molecule has 0 aromatic heterocycles. The second-order valence-electron chi connectivity index (χ2n) is 4.91. The van der Waals surface area contributed by atoms with Crippen molar-refractivity contribution in [1.82, 2.24) is 5.32 Å². The van der Waals surface area contributed by atoms with Gasteiger partial charge in [0.25, 0.3) is 0 Å². The Labute approximate surface area is 111 Å². The van der Waals surface area contributed by atoms with Crippen LogP contribution in [0.1, 0.15) is 38.5 Å². The van der Waals surface area contributed by atoms with Gasteiger partial charge in [0.15, 0.2) is 0 Å². The second-order valence-corrected chi connectivity index (χ2v) is 4.91. The highest BCUT2D eigenvalue weighted by atomic mass is 19.1. The van der Waals surface area contributed by atoms with E-state index < -0.39 is 17.7 Å². The molecule has 1 saturated carbocycles. The normalized spacial score (nSPS) is 16.7. The first-order chi connectivity index (χ1) is 9.15. The molecule has 0 atom stereocenters. The summed E-state index contributed by atoms with van der Waals surface area (Å²) in [6.07, 6.45) is 6.53. The van der Waals surface area contributed by atoms with Crippen molar-refractivity contribution in [1.29, 1.82) is 0 Å². The van der Waals surface area contributed by atoms with Gasteiger partial charge in [0.2, 0.25) is 0 Å². The van der Waals surface area contributed by atoms with Crippen molar-refractivity contribution >= 4 is 11.7 Å². The smallest absolute Gasteiger partial charge is 0.319 e. The lowest BCUT2D eigenvalue weighted by Gasteiger charge is -2.16. The zero-order valence-electron chi connectivity index (χ0n) is 10.7. The van der Waals surface area contributed by atoms with Gasteiger partial charge in [-0.2, -0.15) is 0 Å². The van der Waals surface area contributed by atoms with Crippen molar-refractivity contribution in [2.24, 2.45) is 0 Å². The van der Waals surface area contributed by atoms with E-state index in [9.17, 15) is 13.6 Å². The topological polar surface area (TPSA) is 41.1 Å². The van der Waals surface area contributed by atoms with Crippen LogP contribution in [0.2, 0.25) is 0 Å². The standard InChI is InChI=1S/C14H18F2N2O/c15-10-7-8-13(12(16)9-10)18-14(19)17-11-5-3-1-2-4-6-11/h7-9,11H,1-6H2,(H2,17,18,19). The molecule has 104 valence electrons. The van der Waals surface area contributed by atoms with E-state index in [-0.39, 0.29) is 11.7 Å². The summed E-state index contributed by atoms with van der Waals surface area (Å²) < 4.78 is 26.1. The molecule has 0 heterocycles. The zero-order chi connectivity index (χ0) is 13.7. The van der Waals surface area contributed by atoms with E-state index in [1.54, 1.807) is 0 Å². The van der Waals surface area contributed by atoms with Crippen molar-refractivity contribution in [2.45, 2.75) is 44.6 Å². The van der Waals surface area contributed by atoms with Gasteiger partial charge < -0.3 is 10.6 Å². The van der Waals surface area contributed by atoms with Crippen LogP contribution in [-0.2, 0) is 0 Å². The number of benzene rings is 1. The van der Waals surface area contributed by atoms with Gasteiger partial charge in [-0.1, -0.05) is 25.7 Å². The molecular formula is C14H18F2N2O. The molecule has 2 amide bonds. The first-order valence-corrected chi connectivity index (χ1v) is 6.68. The molecule has 0 unspecified atom stereocenters. The Kier molecular flexibility index (Phi) is 4.71. The average Bonchev–Trinajstić information content (AvgIpc) is 2.61. The van der Waals surface area contributed by atoms with Gasteiger partial charge >= 0.3 is 6.03 Å². The van der Waals surface area contributed by atoms with Gasteiger partial charge in [0, 0.05) is 12.1 Å². The van der Waals surface area contributed by atoms with Crippen LogP contribution in [0.4, 0.5) is 19.3 Å². The van der Waals surface area contributed by atoms with Crippen molar-refractivity contribution in [2.75, 3.05) is 5.32 Å². The predicted molar refractivity (Wildman–Crippen MR) is 70.0 cm³/mol. The first kappa shape index (κ1) is 13.8. The molecule has 19 heavy (non-hydrogen) atoms. The Morgan fingerprint density at radius 1 is 1.11 bits per heavy atom. The molecule has 0 saturated heterocycles. The third-order valence-corrected chi connectivity index (χ3v) is 3.37. The largest absolute Gasteiger partial charge is 0.335 e. The molecule has 5 heteroatoms. The Balaban J connectivity index is 1.89. The molecule has 1 aliphatic carbocycles. The van der Waals surface area contributed by atoms with E-state index in [2.05, 4.69) is 10.6 Å². The van der Waals surface area contributed by atoms with Gasteiger partial charge in [-0.05, 0) is 25.0 Å². The molecule has 0 radical (unpaired) electrons. The Hall–Kier alpha value is -1.65. The Bertz CT molecular complexity index is 443. The van der Waals surface area contributed by atoms with E-state index in [4.69, 9.17) is 0 Å². The van der Waals surface area contributed by atoms with Gasteiger partial charge in [0.05, 0.1) is 5.69 Å². The predicted octanol–water partition coefficient (Wildman–Crippen LogP) is 3.81. The van der Waals surface area contributed by atoms with Crippen LogP contribution in [-0.4, -0.2) is 12.1 Å². The van der Waals surface area contributed by atoms with Crippen LogP contribution < -0.4 is 10.6 Å². The van der Waals surface area contributed by atoms with Gasteiger partial charge in [-0.15, -0.1) is 0 Å². The lowest BCUT2D eigenvalue weighted by Crippen LogP contribution is -2.37. The molecule has 1 fully saturated rings. The third-order valence-electron chi connectivity index (χ3n) is 3.37. The van der Waals surface area contributed by atoms with E-state index >= 15 is 0 Å². The maximum absolute atomic E-state index is 13.4. The molecule has 0 aliphatic heterocycles. The van der Waals surface area contributed by atoms with Crippen molar-refractivity contribution in [3.05, 3.63) is 29.8 Å². The number of nitrogens with one attached hydrogen (secondary N) is 2. The molecule has 1 aliphatic rings. The number of anilines is 1. The summed E-state index contributed by atoms with van der Waals surface area (Å²) in [5.41, 5.74) is -0.00692. The molecule has 2 N–H and O–H groups in total. The van der Waals surface area contributed by atoms with E-state index in [1.165, 1.54) is 18.9 Å². The highest BCUT2D eigenvalue weighted by molar-refractivity contribution is 5.89. The van der Waals surface area contributed by atoms with Crippen LogP contribution in [0, 0.1) is 11.6 Å². The van der Waals surface area contributed by atoms with Gasteiger partial charge in [-0.3, -0.25) is 0 Å². The van der Waals surface area contributed by atoms with Crippen molar-refractivity contribution in [3.8, 4) is 0 Å². The summed E-state index contributed by atoms with van der Waals surface area (Å²) in [6.45, 7) is 0. The minimum Gasteiger partial charge on any atom is -0.335 e. The third kappa shape index (κ3) is 4.19. The van der Waals surface area contributed by atoms with E-state index in [0.717, 1.165) is 37.8 Å². The van der Waals surface area contributed by atoms with Crippen LogP contribution in [0.3, 0.4) is 0 Å². The minimum atomic E-state index is -0.768. The number of carbonyl (C=O) groups excluding carboxylic acids is 1. The monoisotopic (exact) mass is 268 g/mol. The second kappa shape index (κ2) is 6.50. The number of rotatable bonds is 2. The van der Waals surface area contributed by atoms with Gasteiger partial charge in [-0.25, -0.2) is 13.6 Å². The van der Waals surface area contributed by atoms with Crippen LogP contribution >= 0.6 is 0 Å². The van der Waals surface area contributed by atoms with Crippen molar-refractivity contribution < 1.29 is 13.6 Å². The summed E-state index contributed by atoms with van der Waals surface area (Å²) in [6, 6.07) is 2.80. The molecule has 0 spiro atoms. The van der Waals surface area contributed by atoms with Crippen molar-refractivity contribution in [3.63, 3.8) is 0 Å². The number of hydrogen-bond acceptors (Lipinski definition) is 1. The van der Waals surface area contributed by atoms with Gasteiger partial charge in [0.1, 0.15) is 11.6 Å². The quantitative estimate of drug-likeness (QED) is 0.787. The fourth-order valence-corrected chi connectivity index (χ4v) is 2.36. The number of carbonyl (C=O) groups is 1. The van der Waals surface area contributed by atoms with Crippen LogP contribution in [0.25, 0.3) is 0 Å². The fourth-order valence-electron chi connectivity index (χ4n) is 2.36. The Morgan fingerprint density at radius 2 is 1.79 bits per heavy atom. The van der Waals surface area contributed by atoms with E-state index in [1.807, 2.05) is 0 Å². The number of urea groups is 1. The minimum absolute atomic E-state index is 0.00692. The maximum Gasteiger partial charge on any atom is 0.319 e. The summed E-state index contributed by atoms with van der Waals surface area (Å²) >= 11 is 0. The lowest BCUT2D eigenvalue weighted by atomic mass is 10.1. The average molecular weight is 268 g/mol. The Morgan fingerprint density at radius 3 is 2.42 bits per heavy atom. The molecule has 1 aromatic rings. The fraction of sp³-hybridized carbons (Fsp3) is 0.500.